The number of nitrogens with one attached hydrogen (secondary N) is 1. The van der Waals surface area contributed by atoms with Gasteiger partial charge in [-0.25, -0.2) is 0 Å². The van der Waals surface area contributed by atoms with Crippen LogP contribution in [0.1, 0.15) is 12.5 Å². The van der Waals surface area contributed by atoms with Crippen LogP contribution in [-0.2, 0) is 11.2 Å². The topological polar surface area (TPSA) is 21.3 Å². The standard InChI is InChI=1S/C11H15NO/c1-8-11(13-2)7-9-5-3-4-6-10(9)12-8/h3-6,8,11-12H,7H2,1-2H3/t8-,11+/m0/s1. The zero-order valence-electron chi connectivity index (χ0n) is 8.08. The molecule has 1 aromatic carbocycles. The summed E-state index contributed by atoms with van der Waals surface area (Å²) in [4.78, 5) is 0. The van der Waals surface area contributed by atoms with Gasteiger partial charge in [-0.1, -0.05) is 18.2 Å². The summed E-state index contributed by atoms with van der Waals surface area (Å²) in [5.41, 5.74) is 2.61. The fourth-order valence-corrected chi connectivity index (χ4v) is 1.86. The van der Waals surface area contributed by atoms with Crippen molar-refractivity contribution >= 4 is 5.69 Å². The maximum atomic E-state index is 5.40. The normalized spacial score (nSPS) is 26.3. The molecular weight excluding hydrogens is 162 g/mol. The highest BCUT2D eigenvalue weighted by molar-refractivity contribution is 5.54. The SMILES string of the molecule is CO[C@@H]1Cc2ccccc2N[C@H]1C. The van der Waals surface area contributed by atoms with Crippen LogP contribution in [0.3, 0.4) is 0 Å². The number of methoxy groups -OCH3 is 1. The van der Waals surface area contributed by atoms with Gasteiger partial charge in [0.2, 0.25) is 0 Å². The average Bonchev–Trinajstić information content (AvgIpc) is 2.17. The molecule has 2 heteroatoms. The molecule has 1 aliphatic rings. The minimum absolute atomic E-state index is 0.301. The Morgan fingerprint density at radius 2 is 2.15 bits per heavy atom. The zero-order valence-corrected chi connectivity index (χ0v) is 8.08. The molecule has 2 rings (SSSR count). The van der Waals surface area contributed by atoms with Gasteiger partial charge in [0.25, 0.3) is 0 Å². The largest absolute Gasteiger partial charge is 0.380 e. The molecule has 1 aliphatic heterocycles. The lowest BCUT2D eigenvalue weighted by Gasteiger charge is -2.31. The first-order valence-corrected chi connectivity index (χ1v) is 4.68. The van der Waals surface area contributed by atoms with Crippen LogP contribution in [0.15, 0.2) is 24.3 Å². The van der Waals surface area contributed by atoms with Gasteiger partial charge in [0.15, 0.2) is 0 Å². The molecule has 2 nitrogen and oxygen atoms in total. The fourth-order valence-electron chi connectivity index (χ4n) is 1.86. The van der Waals surface area contributed by atoms with E-state index in [9.17, 15) is 0 Å². The number of benzene rings is 1. The van der Waals surface area contributed by atoms with E-state index in [0.717, 1.165) is 6.42 Å². The van der Waals surface area contributed by atoms with Crippen molar-refractivity contribution in [3.63, 3.8) is 0 Å². The molecule has 0 unspecified atom stereocenters. The number of para-hydroxylation sites is 1. The molecule has 0 saturated heterocycles. The Hall–Kier alpha value is -1.02. The van der Waals surface area contributed by atoms with Crippen molar-refractivity contribution in [1.29, 1.82) is 0 Å². The maximum Gasteiger partial charge on any atom is 0.0810 e. The van der Waals surface area contributed by atoms with E-state index < -0.39 is 0 Å². The third-order valence-corrected chi connectivity index (χ3v) is 2.68. The van der Waals surface area contributed by atoms with Crippen LogP contribution in [0.2, 0.25) is 0 Å². The Balaban J connectivity index is 2.27. The Morgan fingerprint density at radius 1 is 1.38 bits per heavy atom. The third kappa shape index (κ3) is 1.54. The molecule has 1 heterocycles. The minimum Gasteiger partial charge on any atom is -0.380 e. The van der Waals surface area contributed by atoms with Crippen molar-refractivity contribution in [1.82, 2.24) is 0 Å². The van der Waals surface area contributed by atoms with Gasteiger partial charge in [-0.3, -0.25) is 0 Å². The summed E-state index contributed by atoms with van der Waals surface area (Å²) in [6.45, 7) is 2.16. The number of rotatable bonds is 1. The van der Waals surface area contributed by atoms with Gasteiger partial charge < -0.3 is 10.1 Å². The van der Waals surface area contributed by atoms with Crippen molar-refractivity contribution in [2.75, 3.05) is 12.4 Å². The highest BCUT2D eigenvalue weighted by Crippen LogP contribution is 2.25. The molecule has 1 aromatic rings. The highest BCUT2D eigenvalue weighted by Gasteiger charge is 2.23. The Morgan fingerprint density at radius 3 is 2.92 bits per heavy atom. The number of ether oxygens (including phenoxy) is 1. The van der Waals surface area contributed by atoms with Crippen molar-refractivity contribution in [3.8, 4) is 0 Å². The lowest BCUT2D eigenvalue weighted by Crippen LogP contribution is -2.38. The molecule has 70 valence electrons. The number of fused-ring (bicyclic) bond motifs is 1. The predicted molar refractivity (Wildman–Crippen MR) is 54.0 cm³/mol. The van der Waals surface area contributed by atoms with Crippen molar-refractivity contribution in [2.24, 2.45) is 0 Å². The van der Waals surface area contributed by atoms with Gasteiger partial charge in [0.05, 0.1) is 6.10 Å². The Labute approximate surface area is 78.9 Å². The van der Waals surface area contributed by atoms with Gasteiger partial charge in [0, 0.05) is 25.3 Å². The van der Waals surface area contributed by atoms with Crippen LogP contribution < -0.4 is 5.32 Å². The second kappa shape index (κ2) is 3.38. The summed E-state index contributed by atoms with van der Waals surface area (Å²) in [6.07, 6.45) is 1.32. The monoisotopic (exact) mass is 177 g/mol. The van der Waals surface area contributed by atoms with Crippen LogP contribution in [-0.4, -0.2) is 19.3 Å². The molecule has 0 saturated carbocycles. The molecule has 0 radical (unpaired) electrons. The summed E-state index contributed by atoms with van der Waals surface area (Å²) in [6, 6.07) is 8.81. The number of anilines is 1. The second-order valence-electron chi connectivity index (χ2n) is 3.57. The first-order chi connectivity index (χ1) is 6.31. The van der Waals surface area contributed by atoms with Crippen molar-refractivity contribution < 1.29 is 4.74 Å². The van der Waals surface area contributed by atoms with Crippen LogP contribution in [0.25, 0.3) is 0 Å². The molecule has 0 aliphatic carbocycles. The maximum absolute atomic E-state index is 5.40. The number of hydrogen-bond donors (Lipinski definition) is 1. The van der Waals surface area contributed by atoms with Crippen molar-refractivity contribution in [2.45, 2.75) is 25.5 Å². The molecule has 13 heavy (non-hydrogen) atoms. The summed E-state index contributed by atoms with van der Waals surface area (Å²) < 4.78 is 5.40. The van der Waals surface area contributed by atoms with Gasteiger partial charge in [0.1, 0.15) is 0 Å². The van der Waals surface area contributed by atoms with E-state index in [0.29, 0.717) is 12.1 Å². The first kappa shape index (κ1) is 8.57. The van der Waals surface area contributed by atoms with E-state index in [1.54, 1.807) is 7.11 Å². The first-order valence-electron chi connectivity index (χ1n) is 4.68. The van der Waals surface area contributed by atoms with E-state index in [2.05, 4.69) is 36.5 Å². The van der Waals surface area contributed by atoms with Crippen LogP contribution in [0.4, 0.5) is 5.69 Å². The summed E-state index contributed by atoms with van der Waals surface area (Å²) in [5, 5.41) is 3.44. The van der Waals surface area contributed by atoms with E-state index >= 15 is 0 Å². The smallest absolute Gasteiger partial charge is 0.0810 e. The molecule has 2 atom stereocenters. The van der Waals surface area contributed by atoms with Gasteiger partial charge in [-0.05, 0) is 18.6 Å². The molecule has 0 bridgehead atoms. The zero-order chi connectivity index (χ0) is 9.26. The summed E-state index contributed by atoms with van der Waals surface area (Å²) in [5.74, 6) is 0. The fraction of sp³-hybridized carbons (Fsp3) is 0.455. The molecule has 0 fully saturated rings. The second-order valence-corrected chi connectivity index (χ2v) is 3.57. The summed E-state index contributed by atoms with van der Waals surface area (Å²) >= 11 is 0. The molecular formula is C11H15NO. The minimum atomic E-state index is 0.301. The molecule has 0 spiro atoms. The molecule has 1 N–H and O–H groups in total. The van der Waals surface area contributed by atoms with Gasteiger partial charge >= 0.3 is 0 Å². The average molecular weight is 177 g/mol. The van der Waals surface area contributed by atoms with Gasteiger partial charge in [-0.2, -0.15) is 0 Å². The van der Waals surface area contributed by atoms with E-state index in [-0.39, 0.29) is 0 Å². The van der Waals surface area contributed by atoms with Gasteiger partial charge in [-0.15, -0.1) is 0 Å². The van der Waals surface area contributed by atoms with Crippen LogP contribution in [0, 0.1) is 0 Å². The lowest BCUT2D eigenvalue weighted by molar-refractivity contribution is 0.0878. The third-order valence-electron chi connectivity index (χ3n) is 2.68. The molecule has 0 amide bonds. The van der Waals surface area contributed by atoms with Crippen molar-refractivity contribution in [3.05, 3.63) is 29.8 Å². The van der Waals surface area contributed by atoms with E-state index in [1.165, 1.54) is 11.3 Å². The van der Waals surface area contributed by atoms with E-state index in [4.69, 9.17) is 4.74 Å². The Kier molecular flexibility index (Phi) is 2.23. The lowest BCUT2D eigenvalue weighted by atomic mass is 9.96. The van der Waals surface area contributed by atoms with E-state index in [1.807, 2.05) is 0 Å². The highest BCUT2D eigenvalue weighted by atomic mass is 16.5. The number of hydrogen-bond acceptors (Lipinski definition) is 2. The Bertz CT molecular complexity index is 298. The quantitative estimate of drug-likeness (QED) is 0.709. The predicted octanol–water partition coefficient (Wildman–Crippen LogP) is 2.06. The van der Waals surface area contributed by atoms with Crippen LogP contribution in [0.5, 0.6) is 0 Å². The molecule has 0 aromatic heterocycles. The summed E-state index contributed by atoms with van der Waals surface area (Å²) in [7, 11) is 1.77. The van der Waals surface area contributed by atoms with Crippen LogP contribution >= 0.6 is 0 Å².